The van der Waals surface area contributed by atoms with E-state index in [1.54, 1.807) is 0 Å². The van der Waals surface area contributed by atoms with Crippen LogP contribution in [-0.2, 0) is 12.8 Å². The van der Waals surface area contributed by atoms with Gasteiger partial charge in [-0.2, -0.15) is 0 Å². The van der Waals surface area contributed by atoms with Crippen LogP contribution in [0.2, 0.25) is 0 Å². The molecule has 0 aliphatic rings. The zero-order chi connectivity index (χ0) is 13.4. The molecule has 0 unspecified atom stereocenters. The van der Waals surface area contributed by atoms with Crippen LogP contribution in [0.25, 0.3) is 0 Å². The molecule has 98 valence electrons. The Labute approximate surface area is 113 Å². The molecule has 0 amide bonds. The van der Waals surface area contributed by atoms with E-state index in [9.17, 15) is 0 Å². The molecule has 0 atom stereocenters. The third kappa shape index (κ3) is 6.50. The van der Waals surface area contributed by atoms with Gasteiger partial charge in [0.05, 0.1) is 0 Å². The molecule has 0 aliphatic heterocycles. The first-order valence-corrected chi connectivity index (χ1v) is 7.02. The van der Waals surface area contributed by atoms with Crippen LogP contribution in [0.5, 0.6) is 0 Å². The van der Waals surface area contributed by atoms with E-state index >= 15 is 0 Å². The van der Waals surface area contributed by atoms with E-state index in [0.29, 0.717) is 5.41 Å². The molecule has 0 N–H and O–H groups in total. The molecule has 0 aliphatic carbocycles. The Morgan fingerprint density at radius 2 is 1.56 bits per heavy atom. The molecule has 1 rings (SSSR count). The number of unbranched alkanes of at least 4 members (excludes halogenated alkanes) is 3. The second-order valence-corrected chi connectivity index (χ2v) is 6.32. The second-order valence-electron chi connectivity index (χ2n) is 6.32. The van der Waals surface area contributed by atoms with Crippen LogP contribution in [0.4, 0.5) is 0 Å². The van der Waals surface area contributed by atoms with Gasteiger partial charge in [0.25, 0.3) is 0 Å². The highest BCUT2D eigenvalue weighted by molar-refractivity contribution is 5.23. The zero-order valence-corrected chi connectivity index (χ0v) is 12.1. The first-order valence-electron chi connectivity index (χ1n) is 7.02. The molecular formula is C18H26. The van der Waals surface area contributed by atoms with Gasteiger partial charge in [-0.3, -0.25) is 0 Å². The lowest BCUT2D eigenvalue weighted by Gasteiger charge is -2.18. The fourth-order valence-corrected chi connectivity index (χ4v) is 2.17. The summed E-state index contributed by atoms with van der Waals surface area (Å²) in [4.78, 5) is 0. The molecule has 0 radical (unpaired) electrons. The van der Waals surface area contributed by atoms with Crippen LogP contribution >= 0.6 is 0 Å². The zero-order valence-electron chi connectivity index (χ0n) is 12.1. The highest BCUT2D eigenvalue weighted by Crippen LogP contribution is 2.21. The Morgan fingerprint density at radius 3 is 2.11 bits per heavy atom. The molecule has 1 aromatic carbocycles. The molecule has 0 fully saturated rings. The number of benzene rings is 1. The molecule has 0 heteroatoms. The van der Waals surface area contributed by atoms with E-state index in [-0.39, 0.29) is 0 Å². The Kier molecular flexibility index (Phi) is 5.99. The van der Waals surface area contributed by atoms with Gasteiger partial charge in [0, 0.05) is 6.42 Å². The topological polar surface area (TPSA) is 0 Å². The van der Waals surface area contributed by atoms with Gasteiger partial charge in [0.15, 0.2) is 0 Å². The van der Waals surface area contributed by atoms with Crippen LogP contribution in [-0.4, -0.2) is 0 Å². The molecule has 0 spiro atoms. The lowest BCUT2D eigenvalue weighted by Crippen LogP contribution is -2.08. The normalized spacial score (nSPS) is 11.2. The predicted octanol–water partition coefficient (Wildman–Crippen LogP) is 5.01. The number of hydrogen-bond acceptors (Lipinski definition) is 0. The largest absolute Gasteiger partial charge is 0.120 e. The van der Waals surface area contributed by atoms with Crippen molar-refractivity contribution in [2.75, 3.05) is 0 Å². The third-order valence-corrected chi connectivity index (χ3v) is 3.04. The predicted molar refractivity (Wildman–Crippen MR) is 80.6 cm³/mol. The van der Waals surface area contributed by atoms with Gasteiger partial charge < -0.3 is 0 Å². The summed E-state index contributed by atoms with van der Waals surface area (Å²) in [7, 11) is 0. The van der Waals surface area contributed by atoms with Crippen molar-refractivity contribution >= 4 is 0 Å². The fraction of sp³-hybridized carbons (Fsp3) is 0.556. The number of aryl methyl sites for hydroxylation is 1. The minimum atomic E-state index is 0.372. The summed E-state index contributed by atoms with van der Waals surface area (Å²) in [5, 5.41) is 0. The Balaban J connectivity index is 2.34. The lowest BCUT2D eigenvalue weighted by molar-refractivity contribution is 0.411. The maximum absolute atomic E-state index is 5.24. The molecule has 0 heterocycles. The van der Waals surface area contributed by atoms with E-state index in [2.05, 4.69) is 51.0 Å². The van der Waals surface area contributed by atoms with Crippen LogP contribution in [0.15, 0.2) is 24.3 Å². The summed E-state index contributed by atoms with van der Waals surface area (Å²) < 4.78 is 0. The smallest absolute Gasteiger partial charge is 0.00860 e. The summed E-state index contributed by atoms with van der Waals surface area (Å²) >= 11 is 0. The van der Waals surface area contributed by atoms with E-state index in [4.69, 9.17) is 6.42 Å². The maximum atomic E-state index is 5.24. The van der Waals surface area contributed by atoms with Crippen molar-refractivity contribution in [1.82, 2.24) is 0 Å². The van der Waals surface area contributed by atoms with Crippen molar-refractivity contribution in [2.45, 2.75) is 59.3 Å². The van der Waals surface area contributed by atoms with Crippen molar-refractivity contribution in [3.05, 3.63) is 35.4 Å². The number of rotatable bonds is 6. The Hall–Kier alpha value is -1.22. The summed E-state index contributed by atoms with van der Waals surface area (Å²) in [6, 6.07) is 9.12. The van der Waals surface area contributed by atoms with Crippen molar-refractivity contribution < 1.29 is 0 Å². The molecule has 0 nitrogen and oxygen atoms in total. The first-order chi connectivity index (χ1) is 8.51. The minimum Gasteiger partial charge on any atom is -0.120 e. The van der Waals surface area contributed by atoms with Crippen molar-refractivity contribution in [1.29, 1.82) is 0 Å². The standard InChI is InChI=1S/C18H26/c1-5-6-7-8-9-10-16-11-13-17(14-12-16)15-18(2,3)4/h1,11-14H,6-10,15H2,2-4H3. The van der Waals surface area contributed by atoms with Gasteiger partial charge in [0.2, 0.25) is 0 Å². The number of terminal acetylenes is 1. The van der Waals surface area contributed by atoms with Crippen LogP contribution in [0, 0.1) is 17.8 Å². The van der Waals surface area contributed by atoms with Gasteiger partial charge in [-0.05, 0) is 42.2 Å². The van der Waals surface area contributed by atoms with Crippen LogP contribution in [0.1, 0.15) is 57.6 Å². The molecular weight excluding hydrogens is 216 g/mol. The highest BCUT2D eigenvalue weighted by Gasteiger charge is 2.10. The van der Waals surface area contributed by atoms with E-state index < -0.39 is 0 Å². The fourth-order valence-electron chi connectivity index (χ4n) is 2.17. The van der Waals surface area contributed by atoms with Gasteiger partial charge in [-0.1, -0.05) is 51.5 Å². The van der Waals surface area contributed by atoms with Crippen molar-refractivity contribution in [2.24, 2.45) is 5.41 Å². The summed E-state index contributed by atoms with van der Waals surface area (Å²) in [5.41, 5.74) is 3.27. The van der Waals surface area contributed by atoms with Gasteiger partial charge in [0.1, 0.15) is 0 Å². The van der Waals surface area contributed by atoms with Gasteiger partial charge in [-0.25, -0.2) is 0 Å². The average molecular weight is 242 g/mol. The Morgan fingerprint density at radius 1 is 0.944 bits per heavy atom. The third-order valence-electron chi connectivity index (χ3n) is 3.04. The van der Waals surface area contributed by atoms with E-state index in [1.807, 2.05) is 0 Å². The maximum Gasteiger partial charge on any atom is 0.00860 e. The molecule has 0 saturated heterocycles. The molecule has 18 heavy (non-hydrogen) atoms. The van der Waals surface area contributed by atoms with Crippen LogP contribution < -0.4 is 0 Å². The van der Waals surface area contributed by atoms with Gasteiger partial charge in [-0.15, -0.1) is 12.3 Å². The quantitative estimate of drug-likeness (QED) is 0.486. The summed E-state index contributed by atoms with van der Waals surface area (Å²) in [6.45, 7) is 6.85. The summed E-state index contributed by atoms with van der Waals surface area (Å²) in [6.07, 6.45) is 12.1. The molecule has 1 aromatic rings. The molecule has 0 saturated carbocycles. The van der Waals surface area contributed by atoms with Crippen molar-refractivity contribution in [3.8, 4) is 12.3 Å². The minimum absolute atomic E-state index is 0.372. The monoisotopic (exact) mass is 242 g/mol. The lowest BCUT2D eigenvalue weighted by atomic mass is 9.88. The average Bonchev–Trinajstić information content (AvgIpc) is 2.29. The summed E-state index contributed by atoms with van der Waals surface area (Å²) in [5.74, 6) is 2.70. The Bertz CT molecular complexity index is 370. The van der Waals surface area contributed by atoms with E-state index in [1.165, 1.54) is 36.8 Å². The SMILES string of the molecule is C#CCCCCCc1ccc(CC(C)(C)C)cc1. The van der Waals surface area contributed by atoms with Crippen molar-refractivity contribution in [3.63, 3.8) is 0 Å². The molecule has 0 bridgehead atoms. The molecule has 0 aromatic heterocycles. The highest BCUT2D eigenvalue weighted by atomic mass is 14.2. The van der Waals surface area contributed by atoms with Gasteiger partial charge >= 0.3 is 0 Å². The van der Waals surface area contributed by atoms with Crippen LogP contribution in [0.3, 0.4) is 0 Å². The van der Waals surface area contributed by atoms with E-state index in [0.717, 1.165) is 12.8 Å². The number of hydrogen-bond donors (Lipinski definition) is 0. The first kappa shape index (κ1) is 14.8. The second kappa shape index (κ2) is 7.27.